The maximum Gasteiger partial charge on any atom is 0.138 e. The minimum atomic E-state index is 0.673. The fraction of sp³-hybridized carbons (Fsp3) is 0.207. The maximum absolute atomic E-state index is 6.03. The van der Waals surface area contributed by atoms with Gasteiger partial charge in [0, 0.05) is 46.4 Å². The number of nitrogens with one attached hydrogen (secondary N) is 2. The molecule has 1 saturated heterocycles. The number of aromatic nitrogens is 5. The van der Waals surface area contributed by atoms with E-state index in [4.69, 9.17) is 9.15 Å². The summed E-state index contributed by atoms with van der Waals surface area (Å²) in [5.41, 5.74) is 7.78. The van der Waals surface area contributed by atoms with Crippen LogP contribution in [0.25, 0.3) is 55.4 Å². The average Bonchev–Trinajstić information content (AvgIpc) is 3.74. The molecule has 6 heterocycles. The van der Waals surface area contributed by atoms with E-state index in [0.717, 1.165) is 67.7 Å². The Balaban J connectivity index is 1.20. The Hall–Kier alpha value is -4.43. The van der Waals surface area contributed by atoms with Gasteiger partial charge in [-0.05, 0) is 61.8 Å². The van der Waals surface area contributed by atoms with Gasteiger partial charge in [-0.25, -0.2) is 0 Å². The van der Waals surface area contributed by atoms with Crippen LogP contribution in [0.4, 0.5) is 0 Å². The first-order chi connectivity index (χ1) is 18.3. The van der Waals surface area contributed by atoms with Crippen LogP contribution >= 0.6 is 0 Å². The van der Waals surface area contributed by atoms with Crippen molar-refractivity contribution >= 4 is 21.8 Å². The summed E-state index contributed by atoms with van der Waals surface area (Å²) in [5.74, 6) is 0.791. The first-order valence-corrected chi connectivity index (χ1v) is 12.6. The van der Waals surface area contributed by atoms with E-state index in [2.05, 4.69) is 60.4 Å². The third-order valence-corrected chi connectivity index (χ3v) is 7.12. The largest absolute Gasteiger partial charge is 0.491 e. The zero-order valence-electron chi connectivity index (χ0n) is 20.3. The number of benzene rings is 1. The van der Waals surface area contributed by atoms with Crippen LogP contribution in [0.3, 0.4) is 0 Å². The predicted octanol–water partition coefficient (Wildman–Crippen LogP) is 5.90. The first kappa shape index (κ1) is 21.8. The van der Waals surface area contributed by atoms with Crippen molar-refractivity contribution in [3.8, 4) is 39.4 Å². The van der Waals surface area contributed by atoms with E-state index in [0.29, 0.717) is 6.61 Å². The van der Waals surface area contributed by atoms with E-state index in [9.17, 15) is 0 Å². The zero-order chi connectivity index (χ0) is 24.6. The molecule has 0 saturated carbocycles. The Morgan fingerprint density at radius 1 is 0.865 bits per heavy atom. The highest BCUT2D eigenvalue weighted by Crippen LogP contribution is 2.35. The average molecular weight is 491 g/mol. The van der Waals surface area contributed by atoms with E-state index in [1.165, 1.54) is 25.9 Å². The summed E-state index contributed by atoms with van der Waals surface area (Å²) < 4.78 is 11.3. The summed E-state index contributed by atoms with van der Waals surface area (Å²) in [4.78, 5) is 14.8. The maximum atomic E-state index is 6.03. The molecule has 7 rings (SSSR count). The Bertz CT molecular complexity index is 1680. The van der Waals surface area contributed by atoms with Gasteiger partial charge in [0.1, 0.15) is 18.1 Å². The van der Waals surface area contributed by atoms with E-state index in [1.54, 1.807) is 18.7 Å². The van der Waals surface area contributed by atoms with Crippen molar-refractivity contribution in [2.45, 2.75) is 12.8 Å². The van der Waals surface area contributed by atoms with Crippen LogP contribution < -0.4 is 4.74 Å². The number of furan rings is 1. The van der Waals surface area contributed by atoms with Crippen molar-refractivity contribution in [3.05, 3.63) is 73.7 Å². The minimum absolute atomic E-state index is 0.673. The van der Waals surface area contributed by atoms with Crippen molar-refractivity contribution in [1.29, 1.82) is 0 Å². The minimum Gasteiger partial charge on any atom is -0.491 e. The number of hydrogen-bond acceptors (Lipinski definition) is 6. The molecule has 0 atom stereocenters. The second-order valence-electron chi connectivity index (χ2n) is 9.48. The van der Waals surface area contributed by atoms with Crippen LogP contribution in [-0.2, 0) is 0 Å². The summed E-state index contributed by atoms with van der Waals surface area (Å²) in [5, 5.41) is 9.92. The molecule has 6 aromatic rings. The van der Waals surface area contributed by atoms with Crippen LogP contribution in [0.2, 0.25) is 0 Å². The summed E-state index contributed by atoms with van der Waals surface area (Å²) in [7, 11) is 0. The SMILES string of the molecule is c1cc(-c2cncc3[nH]c(-c4n[nH]c5ccc(-c6cncc(OCCN7CCCC7)c6)cc45)cc23)co1. The van der Waals surface area contributed by atoms with Gasteiger partial charge in [-0.3, -0.25) is 20.0 Å². The van der Waals surface area contributed by atoms with Gasteiger partial charge in [-0.2, -0.15) is 5.10 Å². The highest BCUT2D eigenvalue weighted by Gasteiger charge is 2.15. The number of rotatable bonds is 7. The van der Waals surface area contributed by atoms with Crippen molar-refractivity contribution in [2.75, 3.05) is 26.2 Å². The number of ether oxygens (including phenoxy) is 1. The molecule has 8 heteroatoms. The number of nitrogens with zero attached hydrogens (tertiary/aromatic N) is 4. The highest BCUT2D eigenvalue weighted by molar-refractivity contribution is 6.01. The van der Waals surface area contributed by atoms with Crippen molar-refractivity contribution in [1.82, 2.24) is 30.0 Å². The van der Waals surface area contributed by atoms with Gasteiger partial charge < -0.3 is 14.1 Å². The Labute approximate surface area is 213 Å². The quantitative estimate of drug-likeness (QED) is 0.289. The smallest absolute Gasteiger partial charge is 0.138 e. The number of fused-ring (bicyclic) bond motifs is 2. The number of H-pyrrole nitrogens is 2. The Morgan fingerprint density at radius 3 is 2.68 bits per heavy atom. The second kappa shape index (κ2) is 9.22. The fourth-order valence-electron chi connectivity index (χ4n) is 5.18. The molecular formula is C29H26N6O2. The molecule has 1 aliphatic rings. The topological polar surface area (TPSA) is 95.9 Å². The van der Waals surface area contributed by atoms with Gasteiger partial charge in [0.25, 0.3) is 0 Å². The standard InChI is InChI=1S/C29H26N6O2/c1-2-7-35(6-1)8-10-37-22-11-21(14-30-15-22)19-3-4-26-24(12-19)29(34-33-26)27-13-23-25(20-5-9-36-18-20)16-31-17-28(23)32-27/h3-5,9,11-18,32H,1-2,6-8,10H2,(H,33,34). The molecule has 0 aliphatic carbocycles. The second-order valence-corrected chi connectivity index (χ2v) is 9.48. The molecule has 5 aromatic heterocycles. The molecule has 184 valence electrons. The number of likely N-dealkylation sites (tertiary alicyclic amines) is 1. The molecule has 37 heavy (non-hydrogen) atoms. The van der Waals surface area contributed by atoms with Crippen molar-refractivity contribution < 1.29 is 9.15 Å². The molecule has 2 N–H and O–H groups in total. The molecule has 0 spiro atoms. The van der Waals surface area contributed by atoms with Gasteiger partial charge >= 0.3 is 0 Å². The van der Waals surface area contributed by atoms with E-state index < -0.39 is 0 Å². The van der Waals surface area contributed by atoms with Crippen LogP contribution in [0.5, 0.6) is 5.75 Å². The number of aromatic amines is 2. The zero-order valence-corrected chi connectivity index (χ0v) is 20.3. The van der Waals surface area contributed by atoms with Crippen LogP contribution in [0, 0.1) is 0 Å². The summed E-state index contributed by atoms with van der Waals surface area (Å²) in [6.07, 6.45) is 13.3. The summed E-state index contributed by atoms with van der Waals surface area (Å²) >= 11 is 0. The first-order valence-electron chi connectivity index (χ1n) is 12.6. The van der Waals surface area contributed by atoms with Gasteiger partial charge in [-0.15, -0.1) is 0 Å². The molecule has 0 unspecified atom stereocenters. The van der Waals surface area contributed by atoms with E-state index >= 15 is 0 Å². The molecule has 1 fully saturated rings. The van der Waals surface area contributed by atoms with Gasteiger partial charge in [0.05, 0.1) is 41.6 Å². The third-order valence-electron chi connectivity index (χ3n) is 7.12. The summed E-state index contributed by atoms with van der Waals surface area (Å²) in [6, 6.07) is 12.4. The molecule has 0 amide bonds. The molecular weight excluding hydrogens is 464 g/mol. The highest BCUT2D eigenvalue weighted by atomic mass is 16.5. The van der Waals surface area contributed by atoms with Crippen molar-refractivity contribution in [2.24, 2.45) is 0 Å². The molecule has 0 radical (unpaired) electrons. The van der Waals surface area contributed by atoms with Gasteiger partial charge in [0.15, 0.2) is 0 Å². The lowest BCUT2D eigenvalue weighted by atomic mass is 10.0. The van der Waals surface area contributed by atoms with Gasteiger partial charge in [-0.1, -0.05) is 6.07 Å². The monoisotopic (exact) mass is 490 g/mol. The normalized spacial score (nSPS) is 14.2. The number of hydrogen-bond donors (Lipinski definition) is 2. The summed E-state index contributed by atoms with van der Waals surface area (Å²) in [6.45, 7) is 3.97. The Morgan fingerprint density at radius 2 is 1.78 bits per heavy atom. The lowest BCUT2D eigenvalue weighted by molar-refractivity contribution is 0.237. The number of pyridine rings is 2. The fourth-order valence-corrected chi connectivity index (χ4v) is 5.18. The van der Waals surface area contributed by atoms with Crippen molar-refractivity contribution in [3.63, 3.8) is 0 Å². The van der Waals surface area contributed by atoms with E-state index in [-0.39, 0.29) is 0 Å². The lowest BCUT2D eigenvalue weighted by Gasteiger charge is -2.15. The molecule has 1 aromatic carbocycles. The van der Waals surface area contributed by atoms with Crippen LogP contribution in [-0.4, -0.2) is 56.3 Å². The Kier molecular flexibility index (Phi) is 5.44. The third kappa shape index (κ3) is 4.15. The predicted molar refractivity (Wildman–Crippen MR) is 143 cm³/mol. The van der Waals surface area contributed by atoms with Gasteiger partial charge in [0.2, 0.25) is 0 Å². The van der Waals surface area contributed by atoms with E-state index in [1.807, 2.05) is 24.7 Å². The van der Waals surface area contributed by atoms with Crippen LogP contribution in [0.1, 0.15) is 12.8 Å². The molecule has 8 nitrogen and oxygen atoms in total. The lowest BCUT2D eigenvalue weighted by Crippen LogP contribution is -2.25. The van der Waals surface area contributed by atoms with Crippen LogP contribution in [0.15, 0.2) is 78.1 Å². The molecule has 1 aliphatic heterocycles. The molecule has 0 bridgehead atoms.